The Morgan fingerprint density at radius 3 is 2.68 bits per heavy atom. The number of methoxy groups -OCH3 is 1. The minimum absolute atomic E-state index is 0.150. The summed E-state index contributed by atoms with van der Waals surface area (Å²) in [7, 11) is 1.68. The summed E-state index contributed by atoms with van der Waals surface area (Å²) in [6.45, 7) is 3.19. The van der Waals surface area contributed by atoms with Crippen molar-refractivity contribution in [1.82, 2.24) is 10.2 Å². The van der Waals surface area contributed by atoms with E-state index in [1.165, 1.54) is 5.56 Å². The number of aliphatic hydroxyl groups excluding tert-OH is 1. The molecule has 3 aliphatic rings. The summed E-state index contributed by atoms with van der Waals surface area (Å²) in [5.41, 5.74) is 2.88. The van der Waals surface area contributed by atoms with E-state index in [2.05, 4.69) is 33.3 Å². The number of rotatable bonds is 4. The second kappa shape index (κ2) is 8.17. The summed E-state index contributed by atoms with van der Waals surface area (Å²) in [5, 5.41) is 14.1. The van der Waals surface area contributed by atoms with Crippen molar-refractivity contribution in [3.8, 4) is 5.75 Å². The highest BCUT2D eigenvalue weighted by molar-refractivity contribution is 5.93. The minimum atomic E-state index is -0.452. The maximum Gasteiger partial charge on any atom is 0.247 e. The molecule has 1 aliphatic carbocycles. The number of para-hydroxylation sites is 1. The molecule has 2 saturated heterocycles. The maximum atomic E-state index is 12.9. The first-order valence-electron chi connectivity index (χ1n) is 11.3. The zero-order valence-electron chi connectivity index (χ0n) is 18.1. The van der Waals surface area contributed by atoms with Crippen LogP contribution in [-0.2, 0) is 11.2 Å². The Morgan fingerprint density at radius 1 is 1.16 bits per heavy atom. The van der Waals surface area contributed by atoms with E-state index in [-0.39, 0.29) is 11.8 Å². The van der Waals surface area contributed by atoms with Gasteiger partial charge in [0.2, 0.25) is 5.91 Å². The number of ether oxygens (including phenoxy) is 1. The van der Waals surface area contributed by atoms with E-state index >= 15 is 0 Å². The number of anilines is 1. The minimum Gasteiger partial charge on any atom is -0.497 e. The highest BCUT2D eigenvalue weighted by Crippen LogP contribution is 2.39. The van der Waals surface area contributed by atoms with Crippen LogP contribution in [0.4, 0.5) is 5.69 Å². The molecule has 0 saturated carbocycles. The summed E-state index contributed by atoms with van der Waals surface area (Å²) in [6, 6.07) is 16.2. The van der Waals surface area contributed by atoms with Gasteiger partial charge >= 0.3 is 0 Å². The van der Waals surface area contributed by atoms with Gasteiger partial charge in [-0.05, 0) is 61.1 Å². The highest BCUT2D eigenvalue weighted by Gasteiger charge is 2.50. The van der Waals surface area contributed by atoms with Crippen molar-refractivity contribution < 1.29 is 14.6 Å². The standard InChI is InChI=1S/C25H31N3O3/c1-31-21-9-10-22-18(15-21)7-8-19(23(22)29)16-27-13-11-25(12-14-27)24(30)26-17-28(25)20-5-3-2-4-6-20/h2-6,9-10,15,19,23,29H,7-8,11-14,16-17H2,1H3,(H,26,30)/t19-,23+/m0/s1. The van der Waals surface area contributed by atoms with E-state index in [4.69, 9.17) is 4.74 Å². The number of carbonyl (C=O) groups is 1. The van der Waals surface area contributed by atoms with E-state index in [9.17, 15) is 9.90 Å². The largest absolute Gasteiger partial charge is 0.497 e. The molecule has 0 unspecified atom stereocenters. The van der Waals surface area contributed by atoms with Crippen LogP contribution in [0, 0.1) is 5.92 Å². The Balaban J connectivity index is 1.25. The number of nitrogens with zero attached hydrogens (tertiary/aromatic N) is 2. The molecule has 2 aliphatic heterocycles. The molecule has 6 nitrogen and oxygen atoms in total. The van der Waals surface area contributed by atoms with Gasteiger partial charge in [-0.15, -0.1) is 0 Å². The van der Waals surface area contributed by atoms with E-state index in [1.807, 2.05) is 30.3 Å². The molecule has 31 heavy (non-hydrogen) atoms. The number of carbonyl (C=O) groups excluding carboxylic acids is 1. The molecule has 2 heterocycles. The van der Waals surface area contributed by atoms with Crippen LogP contribution in [0.15, 0.2) is 48.5 Å². The average Bonchev–Trinajstić information content (AvgIpc) is 3.13. The molecule has 2 aromatic carbocycles. The number of hydrogen-bond acceptors (Lipinski definition) is 5. The summed E-state index contributed by atoms with van der Waals surface area (Å²) in [5.74, 6) is 1.22. The lowest BCUT2D eigenvalue weighted by molar-refractivity contribution is -0.125. The van der Waals surface area contributed by atoms with Crippen LogP contribution in [0.5, 0.6) is 5.75 Å². The number of aryl methyl sites for hydroxylation is 1. The van der Waals surface area contributed by atoms with Crippen molar-refractivity contribution in [1.29, 1.82) is 0 Å². The first-order valence-corrected chi connectivity index (χ1v) is 11.3. The molecule has 0 radical (unpaired) electrons. The van der Waals surface area contributed by atoms with Crippen LogP contribution < -0.4 is 15.0 Å². The van der Waals surface area contributed by atoms with Crippen LogP contribution in [0.2, 0.25) is 0 Å². The second-order valence-corrected chi connectivity index (χ2v) is 9.07. The maximum absolute atomic E-state index is 12.9. The van der Waals surface area contributed by atoms with Gasteiger partial charge in [-0.25, -0.2) is 0 Å². The molecule has 2 atom stereocenters. The Morgan fingerprint density at radius 2 is 1.94 bits per heavy atom. The second-order valence-electron chi connectivity index (χ2n) is 9.07. The van der Waals surface area contributed by atoms with Gasteiger partial charge in [-0.2, -0.15) is 0 Å². The summed E-state index contributed by atoms with van der Waals surface area (Å²) in [6.07, 6.45) is 3.12. The van der Waals surface area contributed by atoms with Gasteiger partial charge in [0.05, 0.1) is 19.9 Å². The first-order chi connectivity index (χ1) is 15.1. The number of nitrogens with one attached hydrogen (secondary N) is 1. The Labute approximate surface area is 183 Å². The smallest absolute Gasteiger partial charge is 0.247 e. The Hall–Kier alpha value is -2.57. The predicted octanol–water partition coefficient (Wildman–Crippen LogP) is 2.72. The predicted molar refractivity (Wildman–Crippen MR) is 120 cm³/mol. The van der Waals surface area contributed by atoms with Crippen LogP contribution in [0.25, 0.3) is 0 Å². The van der Waals surface area contributed by atoms with Crippen molar-refractivity contribution in [2.45, 2.75) is 37.3 Å². The normalized spacial score (nSPS) is 25.4. The molecule has 164 valence electrons. The van der Waals surface area contributed by atoms with Gasteiger partial charge in [0, 0.05) is 31.2 Å². The number of hydrogen-bond donors (Lipinski definition) is 2. The topological polar surface area (TPSA) is 65.0 Å². The van der Waals surface area contributed by atoms with E-state index in [0.29, 0.717) is 6.67 Å². The number of amides is 1. The van der Waals surface area contributed by atoms with Crippen molar-refractivity contribution in [3.05, 3.63) is 59.7 Å². The number of fused-ring (bicyclic) bond motifs is 1. The lowest BCUT2D eigenvalue weighted by atomic mass is 9.80. The third-order valence-corrected chi connectivity index (χ3v) is 7.48. The van der Waals surface area contributed by atoms with E-state index in [0.717, 1.165) is 62.3 Å². The molecule has 2 fully saturated rings. The van der Waals surface area contributed by atoms with Crippen molar-refractivity contribution >= 4 is 11.6 Å². The lowest BCUT2D eigenvalue weighted by Gasteiger charge is -2.44. The molecule has 0 aromatic heterocycles. The summed E-state index contributed by atoms with van der Waals surface area (Å²) in [4.78, 5) is 17.5. The number of benzene rings is 2. The first kappa shape index (κ1) is 20.3. The third kappa shape index (κ3) is 3.58. The lowest BCUT2D eigenvalue weighted by Crippen LogP contribution is -2.57. The summed E-state index contributed by atoms with van der Waals surface area (Å²) >= 11 is 0. The molecular formula is C25H31N3O3. The third-order valence-electron chi connectivity index (χ3n) is 7.48. The molecule has 0 bridgehead atoms. The monoisotopic (exact) mass is 421 g/mol. The zero-order valence-corrected chi connectivity index (χ0v) is 18.1. The molecule has 1 spiro atoms. The fourth-order valence-electron chi connectivity index (χ4n) is 5.63. The van der Waals surface area contributed by atoms with Gasteiger partial charge in [0.1, 0.15) is 11.3 Å². The van der Waals surface area contributed by atoms with E-state index in [1.54, 1.807) is 7.11 Å². The van der Waals surface area contributed by atoms with Gasteiger partial charge in [0.25, 0.3) is 0 Å². The molecular weight excluding hydrogens is 390 g/mol. The summed E-state index contributed by atoms with van der Waals surface area (Å²) < 4.78 is 5.33. The van der Waals surface area contributed by atoms with Gasteiger partial charge in [-0.3, -0.25) is 4.79 Å². The molecule has 2 N–H and O–H groups in total. The SMILES string of the molecule is COc1ccc2c(c1)CC[C@@H](CN1CCC3(CC1)C(=O)NCN3c1ccccc1)[C@H]2O. The average molecular weight is 422 g/mol. The van der Waals surface area contributed by atoms with Gasteiger partial charge in [-0.1, -0.05) is 24.3 Å². The molecule has 2 aromatic rings. The zero-order chi connectivity index (χ0) is 21.4. The highest BCUT2D eigenvalue weighted by atomic mass is 16.5. The number of aliphatic hydroxyl groups is 1. The Kier molecular flexibility index (Phi) is 5.36. The van der Waals surface area contributed by atoms with Crippen LogP contribution in [0.1, 0.15) is 36.5 Å². The molecule has 5 rings (SSSR count). The van der Waals surface area contributed by atoms with Crippen LogP contribution >= 0.6 is 0 Å². The number of likely N-dealkylation sites (tertiary alicyclic amines) is 1. The van der Waals surface area contributed by atoms with Crippen LogP contribution in [0.3, 0.4) is 0 Å². The van der Waals surface area contributed by atoms with Gasteiger partial charge in [0.15, 0.2) is 0 Å². The molecule has 1 amide bonds. The van der Waals surface area contributed by atoms with Crippen molar-refractivity contribution in [2.24, 2.45) is 5.92 Å². The quantitative estimate of drug-likeness (QED) is 0.795. The van der Waals surface area contributed by atoms with Crippen LogP contribution in [-0.4, -0.2) is 54.9 Å². The van der Waals surface area contributed by atoms with Crippen molar-refractivity contribution in [2.75, 3.05) is 38.3 Å². The fourth-order valence-corrected chi connectivity index (χ4v) is 5.63. The van der Waals surface area contributed by atoms with Crippen molar-refractivity contribution in [3.63, 3.8) is 0 Å². The molecule has 6 heteroatoms. The van der Waals surface area contributed by atoms with E-state index < -0.39 is 11.6 Å². The number of piperidine rings is 1. The Bertz CT molecular complexity index is 940. The fraction of sp³-hybridized carbons (Fsp3) is 0.480. The van der Waals surface area contributed by atoms with Gasteiger partial charge < -0.3 is 25.0 Å².